The summed E-state index contributed by atoms with van der Waals surface area (Å²) in [4.78, 5) is 5.43. The lowest BCUT2D eigenvalue weighted by Crippen LogP contribution is -2.05. The third-order valence-corrected chi connectivity index (χ3v) is 2.45. The van der Waals surface area contributed by atoms with Gasteiger partial charge in [-0.25, -0.2) is 0 Å². The summed E-state index contributed by atoms with van der Waals surface area (Å²) in [5, 5.41) is 2.08. The van der Waals surface area contributed by atoms with Crippen LogP contribution in [0.3, 0.4) is 0 Å². The van der Waals surface area contributed by atoms with Gasteiger partial charge in [0.15, 0.2) is 0 Å². The molecule has 11 heavy (non-hydrogen) atoms. The smallest absolute Gasteiger partial charge is 0.0910 e. The molecule has 1 aromatic rings. The minimum Gasteiger partial charge on any atom is -0.388 e. The number of rotatable bonds is 2. The van der Waals surface area contributed by atoms with Gasteiger partial charge in [-0.05, 0) is 30.9 Å². The monoisotopic (exact) mass is 168 g/mol. The lowest BCUT2D eigenvalue weighted by atomic mass is 10.3. The fraction of sp³-hybridized carbons (Fsp3) is 0.375. The molecule has 0 atom stereocenters. The predicted octanol–water partition coefficient (Wildman–Crippen LogP) is 1.93. The van der Waals surface area contributed by atoms with E-state index in [-0.39, 0.29) is 0 Å². The van der Waals surface area contributed by atoms with Crippen LogP contribution in [0.2, 0.25) is 0 Å². The van der Waals surface area contributed by atoms with Crippen LogP contribution in [0.15, 0.2) is 16.4 Å². The molecule has 0 fully saturated rings. The van der Waals surface area contributed by atoms with Crippen LogP contribution >= 0.6 is 11.3 Å². The molecular weight excluding hydrogens is 156 g/mol. The van der Waals surface area contributed by atoms with Crippen LogP contribution in [-0.2, 0) is 6.54 Å². The van der Waals surface area contributed by atoms with Crippen molar-refractivity contribution in [2.45, 2.75) is 20.4 Å². The van der Waals surface area contributed by atoms with E-state index in [1.54, 1.807) is 11.3 Å². The predicted molar refractivity (Wildman–Crippen MR) is 50.1 cm³/mol. The first-order valence-corrected chi connectivity index (χ1v) is 4.37. The van der Waals surface area contributed by atoms with Crippen molar-refractivity contribution in [2.24, 2.45) is 10.7 Å². The van der Waals surface area contributed by atoms with Crippen molar-refractivity contribution in [1.82, 2.24) is 0 Å². The van der Waals surface area contributed by atoms with Gasteiger partial charge in [-0.15, -0.1) is 11.3 Å². The van der Waals surface area contributed by atoms with Crippen molar-refractivity contribution in [3.63, 3.8) is 0 Å². The van der Waals surface area contributed by atoms with Gasteiger partial charge in [0.05, 0.1) is 12.4 Å². The lowest BCUT2D eigenvalue weighted by Gasteiger charge is -1.93. The minimum absolute atomic E-state index is 0.651. The highest BCUT2D eigenvalue weighted by atomic mass is 32.1. The molecule has 0 aromatic carbocycles. The van der Waals surface area contributed by atoms with Crippen LogP contribution < -0.4 is 5.73 Å². The molecule has 0 aliphatic carbocycles. The molecule has 0 aliphatic heterocycles. The van der Waals surface area contributed by atoms with Crippen molar-refractivity contribution in [3.05, 3.63) is 21.9 Å². The second kappa shape index (κ2) is 3.53. The molecule has 1 heterocycles. The first-order chi connectivity index (χ1) is 5.20. The molecule has 0 aliphatic rings. The topological polar surface area (TPSA) is 38.4 Å². The molecule has 0 saturated heterocycles. The van der Waals surface area contributed by atoms with Crippen molar-refractivity contribution >= 4 is 17.2 Å². The third-order valence-electron chi connectivity index (χ3n) is 1.44. The first kappa shape index (κ1) is 8.27. The maximum Gasteiger partial charge on any atom is 0.0910 e. The number of hydrogen-bond donors (Lipinski definition) is 1. The second-order valence-corrected chi connectivity index (χ2v) is 3.49. The average molecular weight is 168 g/mol. The summed E-state index contributed by atoms with van der Waals surface area (Å²) in [5.41, 5.74) is 6.72. The molecule has 1 aromatic heterocycles. The fourth-order valence-corrected chi connectivity index (χ4v) is 1.59. The van der Waals surface area contributed by atoms with E-state index in [0.717, 1.165) is 6.54 Å². The van der Waals surface area contributed by atoms with Gasteiger partial charge >= 0.3 is 0 Å². The van der Waals surface area contributed by atoms with E-state index in [9.17, 15) is 0 Å². The van der Waals surface area contributed by atoms with Gasteiger partial charge in [-0.1, -0.05) is 0 Å². The Morgan fingerprint density at radius 2 is 2.45 bits per heavy atom. The van der Waals surface area contributed by atoms with Gasteiger partial charge in [0.1, 0.15) is 0 Å². The lowest BCUT2D eigenvalue weighted by molar-refractivity contribution is 1.07. The Morgan fingerprint density at radius 3 is 2.91 bits per heavy atom. The van der Waals surface area contributed by atoms with Gasteiger partial charge in [0, 0.05) is 4.88 Å². The quantitative estimate of drug-likeness (QED) is 0.532. The van der Waals surface area contributed by atoms with E-state index in [1.807, 2.05) is 6.92 Å². The van der Waals surface area contributed by atoms with Crippen molar-refractivity contribution in [2.75, 3.05) is 0 Å². The maximum atomic E-state index is 5.41. The van der Waals surface area contributed by atoms with Crippen LogP contribution in [0.25, 0.3) is 0 Å². The molecular formula is C8H12N2S. The molecule has 3 heteroatoms. The van der Waals surface area contributed by atoms with Crippen LogP contribution in [-0.4, -0.2) is 5.84 Å². The summed E-state index contributed by atoms with van der Waals surface area (Å²) in [6.45, 7) is 4.63. The summed E-state index contributed by atoms with van der Waals surface area (Å²) in [6.07, 6.45) is 0. The van der Waals surface area contributed by atoms with Gasteiger partial charge < -0.3 is 5.73 Å². The average Bonchev–Trinajstić information content (AvgIpc) is 2.31. The summed E-state index contributed by atoms with van der Waals surface area (Å²) in [7, 11) is 0. The highest BCUT2D eigenvalue weighted by Crippen LogP contribution is 2.15. The highest BCUT2D eigenvalue weighted by molar-refractivity contribution is 7.10. The molecule has 0 radical (unpaired) electrons. The van der Waals surface area contributed by atoms with Crippen LogP contribution in [0, 0.1) is 6.92 Å². The zero-order valence-electron chi connectivity index (χ0n) is 6.79. The number of amidine groups is 1. The highest BCUT2D eigenvalue weighted by Gasteiger charge is 1.96. The van der Waals surface area contributed by atoms with Crippen molar-refractivity contribution in [3.8, 4) is 0 Å². The molecule has 60 valence electrons. The molecule has 1 rings (SSSR count). The second-order valence-electron chi connectivity index (χ2n) is 2.48. The fourth-order valence-electron chi connectivity index (χ4n) is 0.763. The Labute approximate surface area is 70.8 Å². The van der Waals surface area contributed by atoms with Crippen molar-refractivity contribution in [1.29, 1.82) is 0 Å². The Balaban J connectivity index is 2.65. The Morgan fingerprint density at radius 1 is 1.73 bits per heavy atom. The van der Waals surface area contributed by atoms with Crippen LogP contribution in [0.1, 0.15) is 17.4 Å². The number of aliphatic imine (C=N–C) groups is 1. The molecule has 2 nitrogen and oxygen atoms in total. The third kappa shape index (κ3) is 2.35. The number of nitrogens with two attached hydrogens (primary N) is 1. The maximum absolute atomic E-state index is 5.41. The molecule has 0 saturated carbocycles. The Hall–Kier alpha value is -0.830. The molecule has 0 spiro atoms. The van der Waals surface area contributed by atoms with E-state index in [4.69, 9.17) is 5.73 Å². The summed E-state index contributed by atoms with van der Waals surface area (Å²) in [6, 6.07) is 2.10. The molecule has 0 bridgehead atoms. The standard InChI is InChI=1S/C8H12N2S/c1-6-3-4-11-8(6)5-10-7(2)9/h3-4H,5H2,1-2H3,(H2,9,10). The Kier molecular flexibility index (Phi) is 2.65. The Bertz CT molecular complexity index is 259. The van der Waals surface area contributed by atoms with Crippen LogP contribution in [0.4, 0.5) is 0 Å². The molecule has 2 N–H and O–H groups in total. The summed E-state index contributed by atoms with van der Waals surface area (Å²) >= 11 is 1.73. The zero-order chi connectivity index (χ0) is 8.27. The minimum atomic E-state index is 0.651. The van der Waals surface area contributed by atoms with Gasteiger partial charge in [-0.3, -0.25) is 4.99 Å². The number of aryl methyl sites for hydroxylation is 1. The van der Waals surface area contributed by atoms with E-state index < -0.39 is 0 Å². The normalized spacial score (nSPS) is 12.0. The van der Waals surface area contributed by atoms with E-state index >= 15 is 0 Å². The number of nitrogens with zero attached hydrogens (tertiary/aromatic N) is 1. The van der Waals surface area contributed by atoms with Crippen molar-refractivity contribution < 1.29 is 0 Å². The number of hydrogen-bond acceptors (Lipinski definition) is 2. The molecule has 0 amide bonds. The van der Waals surface area contributed by atoms with Crippen LogP contribution in [0.5, 0.6) is 0 Å². The van der Waals surface area contributed by atoms with E-state index in [0.29, 0.717) is 5.84 Å². The van der Waals surface area contributed by atoms with Gasteiger partial charge in [-0.2, -0.15) is 0 Å². The first-order valence-electron chi connectivity index (χ1n) is 3.49. The number of thiophene rings is 1. The zero-order valence-corrected chi connectivity index (χ0v) is 7.61. The summed E-state index contributed by atoms with van der Waals surface area (Å²) in [5.74, 6) is 0.651. The largest absolute Gasteiger partial charge is 0.388 e. The van der Waals surface area contributed by atoms with Gasteiger partial charge in [0.2, 0.25) is 0 Å². The van der Waals surface area contributed by atoms with E-state index in [1.165, 1.54) is 10.4 Å². The molecule has 0 unspecified atom stereocenters. The van der Waals surface area contributed by atoms with Gasteiger partial charge in [0.25, 0.3) is 0 Å². The SMILES string of the molecule is CC(N)=NCc1sccc1C. The summed E-state index contributed by atoms with van der Waals surface area (Å²) < 4.78 is 0. The van der Waals surface area contributed by atoms with E-state index in [2.05, 4.69) is 23.4 Å².